The Kier molecular flexibility index (Phi) is 6.41. The molecular weight excluding hydrogens is 356 g/mol. The van der Waals surface area contributed by atoms with Gasteiger partial charge in [0, 0.05) is 29.8 Å². The van der Waals surface area contributed by atoms with E-state index in [1.165, 1.54) is 22.3 Å². The van der Waals surface area contributed by atoms with Crippen molar-refractivity contribution < 1.29 is 13.9 Å². The molecule has 3 nitrogen and oxygen atoms in total. The van der Waals surface area contributed by atoms with Gasteiger partial charge in [-0.1, -0.05) is 60.7 Å². The highest BCUT2D eigenvalue weighted by Gasteiger charge is 2.06. The molecule has 0 atom stereocenters. The molecule has 0 aliphatic heterocycles. The fourth-order valence-corrected chi connectivity index (χ4v) is 3.28. The first-order valence-electron chi connectivity index (χ1n) is 10.0. The minimum Gasteiger partial charge on any atom is -0.370 e. The summed E-state index contributed by atoms with van der Waals surface area (Å²) in [4.78, 5) is 0. The smallest absolute Gasteiger partial charge is 0.173 e. The zero-order valence-corrected chi connectivity index (χ0v) is 16.5. The molecule has 0 aliphatic carbocycles. The highest BCUT2D eigenvalue weighted by atomic mass is 16.5. The predicted octanol–water partition coefficient (Wildman–Crippen LogP) is 4.19. The summed E-state index contributed by atoms with van der Waals surface area (Å²) in [5.41, 5.74) is 4.96. The summed E-state index contributed by atoms with van der Waals surface area (Å²) in [5.74, 6) is 0. The average Bonchev–Trinajstić information content (AvgIpc) is 2.79. The van der Waals surface area contributed by atoms with Crippen LogP contribution in [0.25, 0.3) is 11.1 Å². The van der Waals surface area contributed by atoms with Gasteiger partial charge in [0.15, 0.2) is 37.9 Å². The van der Waals surface area contributed by atoms with Crippen molar-refractivity contribution in [2.24, 2.45) is 0 Å². The van der Waals surface area contributed by atoms with Crippen LogP contribution < -0.4 is 9.13 Å². The number of hydrogen-bond acceptors (Lipinski definition) is 1. The molecule has 0 N–H and O–H groups in total. The van der Waals surface area contributed by atoms with E-state index < -0.39 is 0 Å². The van der Waals surface area contributed by atoms with Gasteiger partial charge < -0.3 is 4.74 Å². The van der Waals surface area contributed by atoms with Gasteiger partial charge in [-0.2, -0.15) is 0 Å². The van der Waals surface area contributed by atoms with E-state index in [-0.39, 0.29) is 0 Å². The Morgan fingerprint density at radius 3 is 1.66 bits per heavy atom. The Morgan fingerprint density at radius 2 is 1.07 bits per heavy atom. The molecule has 2 aromatic carbocycles. The second-order valence-corrected chi connectivity index (χ2v) is 7.11. The second-order valence-electron chi connectivity index (χ2n) is 7.11. The standard InChI is InChI=1S/C26H26N2O/c1-3-7-23(8-4-1)21-28-17-13-26(14-18-28)25-11-15-27(16-12-25)19-20-29-22-24-9-5-2-6-10-24/h1-18H,19-22H2/q+2. The molecule has 0 amide bonds. The number of benzene rings is 2. The molecule has 0 fully saturated rings. The highest BCUT2D eigenvalue weighted by molar-refractivity contribution is 5.60. The first-order chi connectivity index (χ1) is 14.4. The van der Waals surface area contributed by atoms with Crippen LogP contribution in [-0.2, 0) is 24.4 Å². The molecule has 29 heavy (non-hydrogen) atoms. The highest BCUT2D eigenvalue weighted by Crippen LogP contribution is 2.15. The zero-order chi connectivity index (χ0) is 19.7. The van der Waals surface area contributed by atoms with E-state index in [0.29, 0.717) is 13.2 Å². The third kappa shape index (κ3) is 5.59. The van der Waals surface area contributed by atoms with Crippen molar-refractivity contribution in [3.8, 4) is 11.1 Å². The normalized spacial score (nSPS) is 10.8. The minimum atomic E-state index is 0.659. The molecule has 4 aromatic rings. The summed E-state index contributed by atoms with van der Waals surface area (Å²) in [7, 11) is 0. The third-order valence-corrected chi connectivity index (χ3v) is 4.93. The number of ether oxygens (including phenoxy) is 1. The van der Waals surface area contributed by atoms with Crippen LogP contribution in [0.15, 0.2) is 110 Å². The molecule has 4 rings (SSSR count). The number of pyridine rings is 2. The Bertz CT molecular complexity index is 998. The molecule has 0 spiro atoms. The van der Waals surface area contributed by atoms with Gasteiger partial charge in [-0.05, 0) is 16.7 Å². The van der Waals surface area contributed by atoms with Crippen LogP contribution >= 0.6 is 0 Å². The van der Waals surface area contributed by atoms with Gasteiger partial charge in [0.05, 0.1) is 6.61 Å². The Morgan fingerprint density at radius 1 is 0.552 bits per heavy atom. The summed E-state index contributed by atoms with van der Waals surface area (Å²) in [6.07, 6.45) is 8.51. The lowest BCUT2D eigenvalue weighted by molar-refractivity contribution is -0.698. The summed E-state index contributed by atoms with van der Waals surface area (Å²) in [6, 6.07) is 29.5. The second kappa shape index (κ2) is 9.76. The maximum Gasteiger partial charge on any atom is 0.173 e. The third-order valence-electron chi connectivity index (χ3n) is 4.93. The van der Waals surface area contributed by atoms with Gasteiger partial charge in [-0.3, -0.25) is 0 Å². The molecule has 0 aliphatic rings. The van der Waals surface area contributed by atoms with Gasteiger partial charge in [-0.25, -0.2) is 9.13 Å². The lowest BCUT2D eigenvalue weighted by atomic mass is 10.1. The van der Waals surface area contributed by atoms with Crippen LogP contribution in [0.2, 0.25) is 0 Å². The SMILES string of the molecule is c1ccc(COCC[n+]2ccc(-c3cc[n+](Cc4ccccc4)cc3)cc2)cc1. The topological polar surface area (TPSA) is 17.0 Å². The van der Waals surface area contributed by atoms with Gasteiger partial charge in [0.2, 0.25) is 0 Å². The summed E-state index contributed by atoms with van der Waals surface area (Å²) in [6.45, 7) is 3.09. The maximum atomic E-state index is 5.78. The number of nitrogens with zero attached hydrogens (tertiary/aromatic N) is 2. The van der Waals surface area contributed by atoms with Crippen LogP contribution in [0.1, 0.15) is 11.1 Å². The van der Waals surface area contributed by atoms with E-state index in [1.807, 2.05) is 24.3 Å². The first kappa shape index (κ1) is 19.0. The van der Waals surface area contributed by atoms with Crippen LogP contribution in [-0.4, -0.2) is 6.61 Å². The van der Waals surface area contributed by atoms with E-state index in [0.717, 1.165) is 13.1 Å². The lowest BCUT2D eigenvalue weighted by Gasteiger charge is -2.03. The van der Waals surface area contributed by atoms with Crippen molar-refractivity contribution in [1.82, 2.24) is 0 Å². The fraction of sp³-hybridized carbons (Fsp3) is 0.154. The molecule has 2 heterocycles. The molecule has 0 unspecified atom stereocenters. The van der Waals surface area contributed by atoms with Crippen LogP contribution in [0.3, 0.4) is 0 Å². The van der Waals surface area contributed by atoms with Crippen LogP contribution in [0.4, 0.5) is 0 Å². The Balaban J connectivity index is 1.29. The summed E-state index contributed by atoms with van der Waals surface area (Å²) >= 11 is 0. The number of aromatic nitrogens is 2. The quantitative estimate of drug-likeness (QED) is 0.330. The van der Waals surface area contributed by atoms with Crippen molar-refractivity contribution >= 4 is 0 Å². The van der Waals surface area contributed by atoms with Gasteiger partial charge >= 0.3 is 0 Å². The molecule has 2 aromatic heterocycles. The van der Waals surface area contributed by atoms with Crippen molar-refractivity contribution in [3.05, 3.63) is 121 Å². The predicted molar refractivity (Wildman–Crippen MR) is 114 cm³/mol. The van der Waals surface area contributed by atoms with Gasteiger partial charge in [-0.15, -0.1) is 0 Å². The van der Waals surface area contributed by atoms with Gasteiger partial charge in [0.25, 0.3) is 0 Å². The van der Waals surface area contributed by atoms with E-state index in [2.05, 4.69) is 94.6 Å². The largest absolute Gasteiger partial charge is 0.370 e. The van der Waals surface area contributed by atoms with E-state index in [9.17, 15) is 0 Å². The minimum absolute atomic E-state index is 0.659. The van der Waals surface area contributed by atoms with Crippen molar-refractivity contribution in [1.29, 1.82) is 0 Å². The van der Waals surface area contributed by atoms with Crippen molar-refractivity contribution in [2.45, 2.75) is 19.7 Å². The fourth-order valence-electron chi connectivity index (χ4n) is 3.28. The molecule has 0 saturated heterocycles. The monoisotopic (exact) mass is 382 g/mol. The van der Waals surface area contributed by atoms with Crippen molar-refractivity contribution in [3.63, 3.8) is 0 Å². The number of hydrogen-bond donors (Lipinski definition) is 0. The first-order valence-corrected chi connectivity index (χ1v) is 10.0. The van der Waals surface area contributed by atoms with Crippen LogP contribution in [0.5, 0.6) is 0 Å². The molecule has 144 valence electrons. The van der Waals surface area contributed by atoms with E-state index in [4.69, 9.17) is 4.74 Å². The molecular formula is C26H26N2O+2. The van der Waals surface area contributed by atoms with Crippen LogP contribution in [0, 0.1) is 0 Å². The summed E-state index contributed by atoms with van der Waals surface area (Å²) in [5, 5.41) is 0. The maximum absolute atomic E-state index is 5.78. The zero-order valence-electron chi connectivity index (χ0n) is 16.5. The Hall–Kier alpha value is -3.30. The van der Waals surface area contributed by atoms with E-state index >= 15 is 0 Å². The lowest BCUT2D eigenvalue weighted by Crippen LogP contribution is -2.35. The van der Waals surface area contributed by atoms with Crippen molar-refractivity contribution in [2.75, 3.05) is 6.61 Å². The van der Waals surface area contributed by atoms with Gasteiger partial charge in [0.1, 0.15) is 6.61 Å². The van der Waals surface area contributed by atoms with E-state index in [1.54, 1.807) is 0 Å². The average molecular weight is 383 g/mol. The molecule has 0 bridgehead atoms. The molecule has 0 radical (unpaired) electrons. The molecule has 3 heteroatoms. The Labute approximate surface area is 172 Å². The molecule has 0 saturated carbocycles. The summed E-state index contributed by atoms with van der Waals surface area (Å²) < 4.78 is 10.1. The number of rotatable bonds is 8.